The first-order valence-electron chi connectivity index (χ1n) is 12.5. The van der Waals surface area contributed by atoms with E-state index in [0.717, 1.165) is 11.1 Å². The van der Waals surface area contributed by atoms with Crippen molar-refractivity contribution >= 4 is 17.7 Å². The van der Waals surface area contributed by atoms with Crippen LogP contribution in [0.25, 0.3) is 0 Å². The van der Waals surface area contributed by atoms with Gasteiger partial charge in [0.15, 0.2) is 0 Å². The van der Waals surface area contributed by atoms with Gasteiger partial charge in [-0.2, -0.15) is 0 Å². The Labute approximate surface area is 218 Å². The van der Waals surface area contributed by atoms with E-state index >= 15 is 0 Å². The first-order valence-corrected chi connectivity index (χ1v) is 12.5. The van der Waals surface area contributed by atoms with Crippen molar-refractivity contribution in [3.05, 3.63) is 102 Å². The third kappa shape index (κ3) is 6.00. The summed E-state index contributed by atoms with van der Waals surface area (Å²) in [6.45, 7) is 2.95. The molecule has 4 rings (SSSR count). The zero-order chi connectivity index (χ0) is 26.3. The van der Waals surface area contributed by atoms with Crippen LogP contribution in [0.5, 0.6) is 5.75 Å². The van der Waals surface area contributed by atoms with Gasteiger partial charge in [0.05, 0.1) is 7.11 Å². The van der Waals surface area contributed by atoms with Crippen LogP contribution in [0.3, 0.4) is 0 Å². The number of benzene rings is 3. The molecule has 3 amide bonds. The Morgan fingerprint density at radius 3 is 1.97 bits per heavy atom. The maximum atomic E-state index is 14.1. The van der Waals surface area contributed by atoms with Crippen molar-refractivity contribution in [3.8, 4) is 5.75 Å². The lowest BCUT2D eigenvalue weighted by Gasteiger charge is -2.47. The first kappa shape index (κ1) is 25.9. The molecule has 0 spiro atoms. The summed E-state index contributed by atoms with van der Waals surface area (Å²) in [5.74, 6) is 0.167. The third-order valence-corrected chi connectivity index (χ3v) is 7.04. The van der Waals surface area contributed by atoms with Crippen LogP contribution in [0.1, 0.15) is 41.3 Å². The molecule has 3 aromatic rings. The van der Waals surface area contributed by atoms with Crippen LogP contribution in [-0.2, 0) is 22.7 Å². The number of hydrogen-bond acceptors (Lipinski definition) is 4. The maximum Gasteiger partial charge on any atom is 0.255 e. The summed E-state index contributed by atoms with van der Waals surface area (Å²) >= 11 is 0. The summed E-state index contributed by atoms with van der Waals surface area (Å²) in [6, 6.07) is 26.3. The maximum absolute atomic E-state index is 14.1. The van der Waals surface area contributed by atoms with E-state index in [1.807, 2.05) is 60.7 Å². The normalized spacial score (nSPS) is 14.5. The molecule has 3 aromatic carbocycles. The van der Waals surface area contributed by atoms with Crippen LogP contribution in [0.2, 0.25) is 0 Å². The van der Waals surface area contributed by atoms with Crippen molar-refractivity contribution in [2.75, 3.05) is 20.2 Å². The smallest absolute Gasteiger partial charge is 0.255 e. The van der Waals surface area contributed by atoms with Crippen LogP contribution >= 0.6 is 0 Å². The van der Waals surface area contributed by atoms with Crippen LogP contribution in [-0.4, -0.2) is 53.3 Å². The minimum absolute atomic E-state index is 0.0330. The van der Waals surface area contributed by atoms with Gasteiger partial charge >= 0.3 is 0 Å². The Hall–Kier alpha value is -4.13. The molecule has 37 heavy (non-hydrogen) atoms. The average molecular weight is 500 g/mol. The van der Waals surface area contributed by atoms with E-state index in [2.05, 4.69) is 5.32 Å². The fourth-order valence-corrected chi connectivity index (χ4v) is 4.83. The summed E-state index contributed by atoms with van der Waals surface area (Å²) in [5.41, 5.74) is 1.26. The summed E-state index contributed by atoms with van der Waals surface area (Å²) in [7, 11) is 1.58. The lowest BCUT2D eigenvalue weighted by molar-refractivity contribution is -0.141. The first-order chi connectivity index (χ1) is 17.9. The van der Waals surface area contributed by atoms with Crippen molar-refractivity contribution in [2.45, 2.75) is 38.4 Å². The van der Waals surface area contributed by atoms with Crippen molar-refractivity contribution in [2.24, 2.45) is 0 Å². The molecule has 0 unspecified atom stereocenters. The van der Waals surface area contributed by atoms with Gasteiger partial charge in [-0.05, 0) is 48.2 Å². The molecule has 0 aromatic heterocycles. The molecule has 7 nitrogen and oxygen atoms in total. The van der Waals surface area contributed by atoms with E-state index in [4.69, 9.17) is 4.74 Å². The number of carbonyl (C=O) groups excluding carboxylic acids is 3. The lowest BCUT2D eigenvalue weighted by Crippen LogP contribution is -2.64. The number of piperidine rings is 1. The topological polar surface area (TPSA) is 79.0 Å². The van der Waals surface area contributed by atoms with Gasteiger partial charge in [-0.1, -0.05) is 60.7 Å². The standard InChI is InChI=1S/C30H33N3O4/c1-23(34)32-19-17-30(18-20-32,29(36)31-21-24-9-5-3-6-10-24)33(22-25-11-7-4-8-12-25)28(35)26-13-15-27(37-2)16-14-26/h3-16H,17-22H2,1-2H3,(H,31,36). The molecular formula is C30H33N3O4. The number of nitrogens with one attached hydrogen (secondary N) is 1. The fourth-order valence-electron chi connectivity index (χ4n) is 4.83. The fraction of sp³-hybridized carbons (Fsp3) is 0.300. The van der Waals surface area contributed by atoms with Gasteiger partial charge in [0.2, 0.25) is 11.8 Å². The zero-order valence-electron chi connectivity index (χ0n) is 21.4. The highest BCUT2D eigenvalue weighted by atomic mass is 16.5. The molecule has 1 saturated heterocycles. The number of nitrogens with zero attached hydrogens (tertiary/aromatic N) is 2. The average Bonchev–Trinajstić information content (AvgIpc) is 2.95. The molecule has 0 bridgehead atoms. The molecule has 192 valence electrons. The third-order valence-electron chi connectivity index (χ3n) is 7.04. The highest BCUT2D eigenvalue weighted by Crippen LogP contribution is 2.33. The minimum atomic E-state index is -1.12. The van der Waals surface area contributed by atoms with E-state index in [0.29, 0.717) is 43.8 Å². The zero-order valence-corrected chi connectivity index (χ0v) is 21.4. The van der Waals surface area contributed by atoms with Gasteiger partial charge in [0.25, 0.3) is 5.91 Å². The van der Waals surface area contributed by atoms with Gasteiger partial charge in [-0.15, -0.1) is 0 Å². The molecule has 1 fully saturated rings. The second-order valence-electron chi connectivity index (χ2n) is 9.31. The highest BCUT2D eigenvalue weighted by molar-refractivity contribution is 5.99. The van der Waals surface area contributed by atoms with Gasteiger partial charge in [0, 0.05) is 38.7 Å². The molecule has 0 saturated carbocycles. The summed E-state index contributed by atoms with van der Waals surface area (Å²) in [5, 5.41) is 3.09. The molecule has 1 heterocycles. The van der Waals surface area contributed by atoms with Crippen molar-refractivity contribution in [1.29, 1.82) is 0 Å². The Balaban J connectivity index is 1.71. The van der Waals surface area contributed by atoms with Crippen molar-refractivity contribution < 1.29 is 19.1 Å². The Bertz CT molecular complexity index is 1200. The Kier molecular flexibility index (Phi) is 8.23. The minimum Gasteiger partial charge on any atom is -0.497 e. The highest BCUT2D eigenvalue weighted by Gasteiger charge is 2.48. The molecule has 0 atom stereocenters. The molecule has 0 radical (unpaired) electrons. The van der Waals surface area contributed by atoms with Crippen LogP contribution < -0.4 is 10.1 Å². The van der Waals surface area contributed by atoms with Gasteiger partial charge in [-0.25, -0.2) is 0 Å². The number of amides is 3. The largest absolute Gasteiger partial charge is 0.497 e. The van der Waals surface area contributed by atoms with E-state index in [9.17, 15) is 14.4 Å². The summed E-state index contributed by atoms with van der Waals surface area (Å²) in [6.07, 6.45) is 0.698. The predicted molar refractivity (Wildman–Crippen MR) is 142 cm³/mol. The van der Waals surface area contributed by atoms with Gasteiger partial charge < -0.3 is 19.9 Å². The van der Waals surface area contributed by atoms with E-state index in [1.54, 1.807) is 41.2 Å². The monoisotopic (exact) mass is 499 g/mol. The second-order valence-corrected chi connectivity index (χ2v) is 9.31. The van der Waals surface area contributed by atoms with Crippen LogP contribution in [0.15, 0.2) is 84.9 Å². The molecule has 1 aliphatic heterocycles. The molecule has 1 aliphatic rings. The SMILES string of the molecule is COc1ccc(C(=O)N(Cc2ccccc2)C2(C(=O)NCc3ccccc3)CCN(C(C)=O)CC2)cc1. The van der Waals surface area contributed by atoms with Crippen molar-refractivity contribution in [3.63, 3.8) is 0 Å². The molecule has 0 aliphatic carbocycles. The Morgan fingerprint density at radius 1 is 0.865 bits per heavy atom. The lowest BCUT2D eigenvalue weighted by atomic mass is 9.83. The number of ether oxygens (including phenoxy) is 1. The van der Waals surface area contributed by atoms with Crippen LogP contribution in [0.4, 0.5) is 0 Å². The van der Waals surface area contributed by atoms with E-state index in [1.165, 1.54) is 6.92 Å². The number of likely N-dealkylation sites (tertiary alicyclic amines) is 1. The quantitative estimate of drug-likeness (QED) is 0.508. The Morgan fingerprint density at radius 2 is 1.43 bits per heavy atom. The number of hydrogen-bond donors (Lipinski definition) is 1. The van der Waals surface area contributed by atoms with Crippen LogP contribution in [0, 0.1) is 0 Å². The molecular weight excluding hydrogens is 466 g/mol. The van der Waals surface area contributed by atoms with Gasteiger partial charge in [0.1, 0.15) is 11.3 Å². The number of carbonyl (C=O) groups is 3. The second kappa shape index (κ2) is 11.7. The van der Waals surface area contributed by atoms with E-state index < -0.39 is 5.54 Å². The van der Waals surface area contributed by atoms with Gasteiger partial charge in [-0.3, -0.25) is 14.4 Å². The molecule has 1 N–H and O–H groups in total. The molecule has 7 heteroatoms. The summed E-state index contributed by atoms with van der Waals surface area (Å²) < 4.78 is 5.26. The summed E-state index contributed by atoms with van der Waals surface area (Å²) in [4.78, 5) is 43.6. The predicted octanol–water partition coefficient (Wildman–Crippen LogP) is 4.04. The number of rotatable bonds is 8. The van der Waals surface area contributed by atoms with E-state index in [-0.39, 0.29) is 24.3 Å². The number of methoxy groups -OCH3 is 1. The van der Waals surface area contributed by atoms with Crippen molar-refractivity contribution in [1.82, 2.24) is 15.1 Å².